The lowest BCUT2D eigenvalue weighted by Gasteiger charge is -2.55. The van der Waals surface area contributed by atoms with Gasteiger partial charge in [-0.05, 0) is 54.9 Å². The first-order valence-electron chi connectivity index (χ1n) is 7.51. The van der Waals surface area contributed by atoms with E-state index in [0.717, 1.165) is 19.0 Å². The van der Waals surface area contributed by atoms with Crippen molar-refractivity contribution in [2.75, 3.05) is 19.6 Å². The molecule has 0 radical (unpaired) electrons. The maximum atomic E-state index is 12.3. The standard InChI is InChI=1S/C16H20N2O2/c19-14-3-1-11(2-4-14)16(20)17-15-12-5-10-6-13(15)9-18(7-10)8-12/h1-4,10,12-13,15,19H,5-9H2,(H,17,20)/t10?,12-,13-,15?/m0/s1. The van der Waals surface area contributed by atoms with E-state index in [4.69, 9.17) is 0 Å². The van der Waals surface area contributed by atoms with Gasteiger partial charge in [-0.25, -0.2) is 0 Å². The van der Waals surface area contributed by atoms with Crippen LogP contribution in [0.1, 0.15) is 23.2 Å². The van der Waals surface area contributed by atoms with E-state index in [0.29, 0.717) is 23.4 Å². The van der Waals surface area contributed by atoms with Gasteiger partial charge in [-0.1, -0.05) is 0 Å². The Bertz CT molecular complexity index is 498. The van der Waals surface area contributed by atoms with Gasteiger partial charge in [-0.2, -0.15) is 0 Å². The third-order valence-corrected chi connectivity index (χ3v) is 5.22. The highest BCUT2D eigenvalue weighted by molar-refractivity contribution is 5.94. The van der Waals surface area contributed by atoms with Crippen molar-refractivity contribution in [1.29, 1.82) is 0 Å². The molecule has 0 unspecified atom stereocenters. The molecule has 0 aromatic heterocycles. The van der Waals surface area contributed by atoms with Crippen molar-refractivity contribution >= 4 is 5.91 Å². The molecule has 4 heteroatoms. The van der Waals surface area contributed by atoms with Crippen LogP contribution in [0.15, 0.2) is 24.3 Å². The number of hydrogen-bond donors (Lipinski definition) is 2. The van der Waals surface area contributed by atoms with E-state index in [1.807, 2.05) is 0 Å². The molecular formula is C16H20N2O2. The molecule has 2 atom stereocenters. The monoisotopic (exact) mass is 272 g/mol. The van der Waals surface area contributed by atoms with Crippen LogP contribution in [0.3, 0.4) is 0 Å². The van der Waals surface area contributed by atoms with E-state index >= 15 is 0 Å². The Labute approximate surface area is 118 Å². The van der Waals surface area contributed by atoms with E-state index in [-0.39, 0.29) is 11.7 Å². The smallest absolute Gasteiger partial charge is 0.251 e. The van der Waals surface area contributed by atoms with Crippen LogP contribution in [0.4, 0.5) is 0 Å². The fourth-order valence-electron chi connectivity index (χ4n) is 4.49. The number of amides is 1. The number of carbonyl (C=O) groups is 1. The van der Waals surface area contributed by atoms with Crippen LogP contribution in [-0.2, 0) is 0 Å². The van der Waals surface area contributed by atoms with Gasteiger partial charge < -0.3 is 15.3 Å². The summed E-state index contributed by atoms with van der Waals surface area (Å²) in [5, 5.41) is 12.5. The van der Waals surface area contributed by atoms with E-state index in [9.17, 15) is 9.90 Å². The van der Waals surface area contributed by atoms with Crippen LogP contribution in [0.5, 0.6) is 5.75 Å². The maximum absolute atomic E-state index is 12.3. The second kappa shape index (κ2) is 4.48. The molecule has 1 saturated carbocycles. The molecule has 2 N–H and O–H groups in total. The molecule has 1 amide bonds. The zero-order valence-corrected chi connectivity index (χ0v) is 11.5. The van der Waals surface area contributed by atoms with Crippen LogP contribution in [-0.4, -0.2) is 41.6 Å². The van der Waals surface area contributed by atoms with Crippen LogP contribution in [0.25, 0.3) is 0 Å². The van der Waals surface area contributed by atoms with Crippen molar-refractivity contribution in [2.45, 2.75) is 18.9 Å². The molecule has 5 rings (SSSR count). The lowest BCUT2D eigenvalue weighted by Crippen LogP contribution is -2.64. The van der Waals surface area contributed by atoms with Gasteiger partial charge in [0.05, 0.1) is 0 Å². The summed E-state index contributed by atoms with van der Waals surface area (Å²) in [7, 11) is 0. The number of carbonyl (C=O) groups excluding carboxylic acids is 1. The highest BCUT2D eigenvalue weighted by atomic mass is 16.3. The Morgan fingerprint density at radius 1 is 1.10 bits per heavy atom. The van der Waals surface area contributed by atoms with Crippen molar-refractivity contribution < 1.29 is 9.90 Å². The Kier molecular flexibility index (Phi) is 2.74. The molecule has 106 valence electrons. The molecule has 4 nitrogen and oxygen atoms in total. The van der Waals surface area contributed by atoms with Crippen LogP contribution < -0.4 is 5.32 Å². The molecule has 1 aromatic carbocycles. The molecule has 3 heterocycles. The summed E-state index contributed by atoms with van der Waals surface area (Å²) in [6.45, 7) is 3.56. The first-order chi connectivity index (χ1) is 9.69. The van der Waals surface area contributed by atoms with Gasteiger partial charge in [0.2, 0.25) is 0 Å². The quantitative estimate of drug-likeness (QED) is 0.857. The SMILES string of the molecule is O=C(NC1[C@H]2CC3C[C@H]1CN(C3)C2)c1ccc(O)cc1. The summed E-state index contributed by atoms with van der Waals surface area (Å²) in [5.74, 6) is 2.31. The lowest BCUT2D eigenvalue weighted by molar-refractivity contribution is -0.0418. The topological polar surface area (TPSA) is 52.6 Å². The van der Waals surface area contributed by atoms with Crippen LogP contribution in [0.2, 0.25) is 0 Å². The molecular weight excluding hydrogens is 252 g/mol. The third kappa shape index (κ3) is 1.99. The minimum Gasteiger partial charge on any atom is -0.508 e. The van der Waals surface area contributed by atoms with Gasteiger partial charge in [0.1, 0.15) is 5.75 Å². The summed E-state index contributed by atoms with van der Waals surface area (Å²) >= 11 is 0. The summed E-state index contributed by atoms with van der Waals surface area (Å²) in [5.41, 5.74) is 0.636. The molecule has 1 aliphatic carbocycles. The summed E-state index contributed by atoms with van der Waals surface area (Å²) in [6, 6.07) is 6.84. The van der Waals surface area contributed by atoms with E-state index in [2.05, 4.69) is 10.2 Å². The Hall–Kier alpha value is -1.55. The predicted octanol–water partition coefficient (Wildman–Crippen LogP) is 1.46. The molecule has 4 fully saturated rings. The Morgan fingerprint density at radius 2 is 1.75 bits per heavy atom. The van der Waals surface area contributed by atoms with Crippen molar-refractivity contribution in [1.82, 2.24) is 10.2 Å². The number of nitrogens with one attached hydrogen (secondary N) is 1. The molecule has 0 spiro atoms. The fourth-order valence-corrected chi connectivity index (χ4v) is 4.49. The second-order valence-corrected chi connectivity index (χ2v) is 6.62. The number of nitrogens with zero attached hydrogens (tertiary/aromatic N) is 1. The summed E-state index contributed by atoms with van der Waals surface area (Å²) < 4.78 is 0. The molecule has 1 aromatic rings. The van der Waals surface area contributed by atoms with Crippen LogP contribution >= 0.6 is 0 Å². The Balaban J connectivity index is 1.49. The number of phenolic OH excluding ortho intramolecular Hbond substituents is 1. The number of benzene rings is 1. The van der Waals surface area contributed by atoms with Gasteiger partial charge >= 0.3 is 0 Å². The van der Waals surface area contributed by atoms with Crippen LogP contribution in [0, 0.1) is 17.8 Å². The predicted molar refractivity (Wildman–Crippen MR) is 75.5 cm³/mol. The number of phenols is 1. The highest BCUT2D eigenvalue weighted by Gasteiger charge is 2.47. The average Bonchev–Trinajstić information content (AvgIpc) is 2.42. The first kappa shape index (κ1) is 12.2. The normalized spacial score (nSPS) is 37.9. The largest absolute Gasteiger partial charge is 0.508 e. The van der Waals surface area contributed by atoms with Gasteiger partial charge in [0.15, 0.2) is 0 Å². The zero-order chi connectivity index (χ0) is 13.7. The second-order valence-electron chi connectivity index (χ2n) is 6.62. The van der Waals surface area contributed by atoms with E-state index in [1.165, 1.54) is 19.4 Å². The third-order valence-electron chi connectivity index (χ3n) is 5.22. The van der Waals surface area contributed by atoms with Gasteiger partial charge in [-0.3, -0.25) is 4.79 Å². The van der Waals surface area contributed by atoms with E-state index < -0.39 is 0 Å². The van der Waals surface area contributed by atoms with Gasteiger partial charge in [0.25, 0.3) is 5.91 Å². The number of rotatable bonds is 2. The minimum absolute atomic E-state index is 0.00234. The van der Waals surface area contributed by atoms with Crippen molar-refractivity contribution in [3.63, 3.8) is 0 Å². The van der Waals surface area contributed by atoms with Crippen molar-refractivity contribution in [2.24, 2.45) is 17.8 Å². The first-order valence-corrected chi connectivity index (χ1v) is 7.51. The summed E-state index contributed by atoms with van der Waals surface area (Å²) in [6.07, 6.45) is 2.54. The molecule has 4 aliphatic rings. The number of piperidine rings is 3. The van der Waals surface area contributed by atoms with Crippen molar-refractivity contribution in [3.05, 3.63) is 29.8 Å². The van der Waals surface area contributed by atoms with Gasteiger partial charge in [0, 0.05) is 31.2 Å². The molecule has 3 aliphatic heterocycles. The van der Waals surface area contributed by atoms with E-state index in [1.54, 1.807) is 24.3 Å². The maximum Gasteiger partial charge on any atom is 0.251 e. The summed E-state index contributed by atoms with van der Waals surface area (Å²) in [4.78, 5) is 14.9. The average molecular weight is 272 g/mol. The molecule has 4 bridgehead atoms. The lowest BCUT2D eigenvalue weighted by atomic mass is 9.65. The zero-order valence-electron chi connectivity index (χ0n) is 11.5. The van der Waals surface area contributed by atoms with Gasteiger partial charge in [-0.15, -0.1) is 0 Å². The number of aromatic hydroxyl groups is 1. The Morgan fingerprint density at radius 3 is 2.35 bits per heavy atom. The number of hydrogen-bond acceptors (Lipinski definition) is 3. The molecule has 20 heavy (non-hydrogen) atoms. The molecule has 3 saturated heterocycles. The minimum atomic E-state index is -0.00234. The highest BCUT2D eigenvalue weighted by Crippen LogP contribution is 2.43. The van der Waals surface area contributed by atoms with Crippen molar-refractivity contribution in [3.8, 4) is 5.75 Å². The fraction of sp³-hybridized carbons (Fsp3) is 0.562.